The van der Waals surface area contributed by atoms with Crippen molar-refractivity contribution in [1.82, 2.24) is 4.31 Å². The largest absolute Gasteiger partial charge is 0.373 e. The molecule has 0 bridgehead atoms. The molecule has 2 atom stereocenters. The highest BCUT2D eigenvalue weighted by Gasteiger charge is 2.28. The zero-order valence-corrected chi connectivity index (χ0v) is 18.0. The molecule has 1 amide bonds. The number of ether oxygens (including phenoxy) is 1. The Kier molecular flexibility index (Phi) is 6.22. The van der Waals surface area contributed by atoms with E-state index in [0.717, 1.165) is 24.8 Å². The van der Waals surface area contributed by atoms with Crippen LogP contribution in [0, 0.1) is 5.92 Å². The van der Waals surface area contributed by atoms with E-state index in [1.807, 2.05) is 18.2 Å². The van der Waals surface area contributed by atoms with Gasteiger partial charge in [0.25, 0.3) is 0 Å². The maximum absolute atomic E-state index is 12.9. The van der Waals surface area contributed by atoms with Gasteiger partial charge in [-0.1, -0.05) is 31.2 Å². The molecule has 0 aromatic heterocycles. The number of anilines is 1. The van der Waals surface area contributed by atoms with Crippen LogP contribution in [0.2, 0.25) is 0 Å². The number of nitrogens with one attached hydrogen (secondary N) is 1. The lowest BCUT2D eigenvalue weighted by Crippen LogP contribution is -2.39. The second-order valence-electron chi connectivity index (χ2n) is 8.20. The Hall–Kier alpha value is -2.22. The van der Waals surface area contributed by atoms with Gasteiger partial charge < -0.3 is 10.1 Å². The summed E-state index contributed by atoms with van der Waals surface area (Å²) in [6, 6.07) is 14.5. The third-order valence-electron chi connectivity index (χ3n) is 5.86. The van der Waals surface area contributed by atoms with Crippen molar-refractivity contribution in [3.05, 3.63) is 59.7 Å². The minimum atomic E-state index is -3.50. The SMILES string of the molecule is CC1CCCN(S(=O)(=O)c2ccc(NC(=O)CC3OCCc4ccccc43)cc2)C1. The van der Waals surface area contributed by atoms with Crippen molar-refractivity contribution >= 4 is 21.6 Å². The van der Waals surface area contributed by atoms with Gasteiger partial charge in [0.2, 0.25) is 15.9 Å². The summed E-state index contributed by atoms with van der Waals surface area (Å²) in [4.78, 5) is 12.8. The van der Waals surface area contributed by atoms with E-state index >= 15 is 0 Å². The first-order valence-electron chi connectivity index (χ1n) is 10.5. The fraction of sp³-hybridized carbons (Fsp3) is 0.435. The smallest absolute Gasteiger partial charge is 0.243 e. The molecule has 2 unspecified atom stereocenters. The van der Waals surface area contributed by atoms with E-state index in [4.69, 9.17) is 4.74 Å². The summed E-state index contributed by atoms with van der Waals surface area (Å²) in [6.07, 6.45) is 2.78. The van der Waals surface area contributed by atoms with E-state index in [1.165, 1.54) is 5.56 Å². The number of carbonyl (C=O) groups is 1. The number of carbonyl (C=O) groups excluding carboxylic acids is 1. The van der Waals surface area contributed by atoms with Gasteiger partial charge in [-0.05, 0) is 60.6 Å². The standard InChI is InChI=1S/C23H28N2O4S/c1-17-5-4-13-25(16-17)30(27,28)20-10-8-19(9-11-20)24-23(26)15-22-21-7-3-2-6-18(21)12-14-29-22/h2-3,6-11,17,22H,4-5,12-16H2,1H3,(H,24,26). The highest BCUT2D eigenvalue weighted by Crippen LogP contribution is 2.30. The molecule has 1 N–H and O–H groups in total. The fourth-order valence-corrected chi connectivity index (χ4v) is 5.85. The van der Waals surface area contributed by atoms with Crippen LogP contribution in [-0.4, -0.2) is 38.3 Å². The molecule has 4 rings (SSSR count). The maximum atomic E-state index is 12.9. The van der Waals surface area contributed by atoms with E-state index in [9.17, 15) is 13.2 Å². The Morgan fingerprint density at radius 2 is 1.93 bits per heavy atom. The second-order valence-corrected chi connectivity index (χ2v) is 10.1. The topological polar surface area (TPSA) is 75.7 Å². The normalized spacial score (nSPS) is 22.3. The van der Waals surface area contributed by atoms with Crippen molar-refractivity contribution in [2.75, 3.05) is 25.0 Å². The number of benzene rings is 2. The van der Waals surface area contributed by atoms with Crippen LogP contribution in [0.4, 0.5) is 5.69 Å². The number of sulfonamides is 1. The van der Waals surface area contributed by atoms with Gasteiger partial charge in [0.1, 0.15) is 0 Å². The Morgan fingerprint density at radius 3 is 2.70 bits per heavy atom. The summed E-state index contributed by atoms with van der Waals surface area (Å²) >= 11 is 0. The zero-order chi connectivity index (χ0) is 21.1. The van der Waals surface area contributed by atoms with Crippen molar-refractivity contribution in [3.63, 3.8) is 0 Å². The van der Waals surface area contributed by atoms with Crippen LogP contribution in [-0.2, 0) is 26.0 Å². The van der Waals surface area contributed by atoms with Crippen molar-refractivity contribution in [1.29, 1.82) is 0 Å². The molecule has 1 saturated heterocycles. The molecule has 30 heavy (non-hydrogen) atoms. The minimum absolute atomic E-state index is 0.155. The second kappa shape index (κ2) is 8.88. The maximum Gasteiger partial charge on any atom is 0.243 e. The fourth-order valence-electron chi connectivity index (χ4n) is 4.25. The summed E-state index contributed by atoms with van der Waals surface area (Å²) in [5, 5.41) is 2.86. The van der Waals surface area contributed by atoms with Gasteiger partial charge in [-0.3, -0.25) is 4.79 Å². The van der Waals surface area contributed by atoms with E-state index in [-0.39, 0.29) is 23.3 Å². The first-order valence-corrected chi connectivity index (χ1v) is 12.0. The van der Waals surface area contributed by atoms with Gasteiger partial charge in [-0.25, -0.2) is 8.42 Å². The summed E-state index contributed by atoms with van der Waals surface area (Å²) in [7, 11) is -3.50. The van der Waals surface area contributed by atoms with Crippen molar-refractivity contribution in [3.8, 4) is 0 Å². The lowest BCUT2D eigenvalue weighted by molar-refractivity contribution is -0.119. The van der Waals surface area contributed by atoms with E-state index in [0.29, 0.717) is 31.3 Å². The molecule has 2 heterocycles. The Bertz CT molecular complexity index is 1000. The average molecular weight is 429 g/mol. The number of rotatable bonds is 5. The highest BCUT2D eigenvalue weighted by molar-refractivity contribution is 7.89. The van der Waals surface area contributed by atoms with Crippen molar-refractivity contribution < 1.29 is 17.9 Å². The third kappa shape index (κ3) is 4.58. The molecule has 2 aromatic carbocycles. The molecular formula is C23H28N2O4S. The van der Waals surface area contributed by atoms with E-state index in [1.54, 1.807) is 28.6 Å². The quantitative estimate of drug-likeness (QED) is 0.787. The molecule has 2 aliphatic heterocycles. The Balaban J connectivity index is 1.40. The molecule has 2 aliphatic rings. The number of hydrogen-bond donors (Lipinski definition) is 1. The van der Waals surface area contributed by atoms with Crippen LogP contribution in [0.25, 0.3) is 0 Å². The predicted octanol–water partition coefficient (Wildman–Crippen LogP) is 3.75. The minimum Gasteiger partial charge on any atom is -0.373 e. The summed E-state index contributed by atoms with van der Waals surface area (Å²) in [5.41, 5.74) is 2.87. The Labute approximate surface area is 178 Å². The van der Waals surface area contributed by atoms with Crippen LogP contribution in [0.5, 0.6) is 0 Å². The number of hydrogen-bond acceptors (Lipinski definition) is 4. The first-order chi connectivity index (χ1) is 14.4. The van der Waals surface area contributed by atoms with Gasteiger partial charge in [-0.15, -0.1) is 0 Å². The molecular weight excluding hydrogens is 400 g/mol. The van der Waals surface area contributed by atoms with Crippen molar-refractivity contribution in [2.24, 2.45) is 5.92 Å². The van der Waals surface area contributed by atoms with Gasteiger partial charge >= 0.3 is 0 Å². The number of amides is 1. The molecule has 0 aliphatic carbocycles. The number of nitrogens with zero attached hydrogens (tertiary/aromatic N) is 1. The van der Waals surface area contributed by atoms with Gasteiger partial charge in [0.15, 0.2) is 0 Å². The van der Waals surface area contributed by atoms with Crippen LogP contribution in [0.1, 0.15) is 43.4 Å². The molecule has 7 heteroatoms. The third-order valence-corrected chi connectivity index (χ3v) is 7.74. The highest BCUT2D eigenvalue weighted by atomic mass is 32.2. The van der Waals surface area contributed by atoms with Crippen molar-refractivity contribution in [2.45, 2.75) is 43.6 Å². The molecule has 0 radical (unpaired) electrons. The summed E-state index contributed by atoms with van der Waals surface area (Å²) < 4.78 is 33.1. The number of fused-ring (bicyclic) bond motifs is 1. The lowest BCUT2D eigenvalue weighted by atomic mass is 9.95. The molecule has 6 nitrogen and oxygen atoms in total. The lowest BCUT2D eigenvalue weighted by Gasteiger charge is -2.30. The monoisotopic (exact) mass is 428 g/mol. The molecule has 0 spiro atoms. The van der Waals surface area contributed by atoms with Gasteiger partial charge in [0.05, 0.1) is 24.0 Å². The van der Waals surface area contributed by atoms with Crippen LogP contribution >= 0.6 is 0 Å². The molecule has 1 fully saturated rings. The van der Waals surface area contributed by atoms with Crippen LogP contribution < -0.4 is 5.32 Å². The molecule has 2 aromatic rings. The Morgan fingerprint density at radius 1 is 1.17 bits per heavy atom. The van der Waals surface area contributed by atoms with Crippen LogP contribution in [0.3, 0.4) is 0 Å². The van der Waals surface area contributed by atoms with Gasteiger partial charge in [-0.2, -0.15) is 4.31 Å². The molecule has 160 valence electrons. The average Bonchev–Trinajstić information content (AvgIpc) is 2.74. The molecule has 0 saturated carbocycles. The summed E-state index contributed by atoms with van der Waals surface area (Å²) in [6.45, 7) is 3.81. The zero-order valence-electron chi connectivity index (χ0n) is 17.2. The predicted molar refractivity (Wildman–Crippen MR) is 116 cm³/mol. The summed E-state index contributed by atoms with van der Waals surface area (Å²) in [5.74, 6) is 0.219. The first kappa shape index (κ1) is 21.0. The number of piperidine rings is 1. The van der Waals surface area contributed by atoms with E-state index in [2.05, 4.69) is 18.3 Å². The van der Waals surface area contributed by atoms with E-state index < -0.39 is 10.0 Å². The van der Waals surface area contributed by atoms with Gasteiger partial charge in [0, 0.05) is 18.8 Å². The van der Waals surface area contributed by atoms with Crippen LogP contribution in [0.15, 0.2) is 53.4 Å².